The van der Waals surface area contributed by atoms with Crippen LogP contribution in [0.15, 0.2) is 30.5 Å². The number of rotatable bonds is 6. The monoisotopic (exact) mass is 260 g/mol. The molecule has 0 aliphatic heterocycles. The van der Waals surface area contributed by atoms with E-state index in [-0.39, 0.29) is 0 Å². The van der Waals surface area contributed by atoms with Crippen LogP contribution in [0.25, 0.3) is 10.9 Å². The lowest BCUT2D eigenvalue weighted by Gasteiger charge is -2.13. The number of benzene rings is 1. The molecule has 0 N–H and O–H groups in total. The van der Waals surface area contributed by atoms with Gasteiger partial charge in [0.15, 0.2) is 11.5 Å². The van der Waals surface area contributed by atoms with Crippen molar-refractivity contribution in [1.29, 1.82) is 0 Å². The highest BCUT2D eigenvalue weighted by atomic mass is 16.5. The fraction of sp³-hybridized carbons (Fsp3) is 0.400. The lowest BCUT2D eigenvalue weighted by atomic mass is 10.2. The minimum absolute atomic E-state index is 0.673. The Morgan fingerprint density at radius 3 is 2.79 bits per heavy atom. The predicted molar refractivity (Wildman–Crippen MR) is 77.0 cm³/mol. The molecule has 2 rings (SSSR count). The molecule has 2 aromatic rings. The molecule has 19 heavy (non-hydrogen) atoms. The van der Waals surface area contributed by atoms with Crippen molar-refractivity contribution in [2.24, 2.45) is 0 Å². The van der Waals surface area contributed by atoms with Gasteiger partial charge < -0.3 is 14.4 Å². The summed E-state index contributed by atoms with van der Waals surface area (Å²) in [5.74, 6) is 1.47. The van der Waals surface area contributed by atoms with Crippen molar-refractivity contribution in [2.75, 3.05) is 34.4 Å². The van der Waals surface area contributed by atoms with E-state index in [0.29, 0.717) is 12.4 Å². The van der Waals surface area contributed by atoms with Gasteiger partial charge in [-0.05, 0) is 38.7 Å². The van der Waals surface area contributed by atoms with Gasteiger partial charge in [0.1, 0.15) is 5.52 Å². The fourth-order valence-electron chi connectivity index (χ4n) is 1.97. The van der Waals surface area contributed by atoms with Crippen LogP contribution in [0.4, 0.5) is 0 Å². The SMILES string of the molecule is COc1c(OCCCN(C)C)ccc2cccnc12. The van der Waals surface area contributed by atoms with E-state index in [4.69, 9.17) is 9.47 Å². The molecule has 0 aliphatic carbocycles. The highest BCUT2D eigenvalue weighted by Crippen LogP contribution is 2.33. The number of hydrogen-bond acceptors (Lipinski definition) is 4. The van der Waals surface area contributed by atoms with Crippen molar-refractivity contribution in [3.05, 3.63) is 30.5 Å². The Morgan fingerprint density at radius 1 is 1.21 bits per heavy atom. The summed E-state index contributed by atoms with van der Waals surface area (Å²) in [6.07, 6.45) is 2.75. The molecule has 0 unspecified atom stereocenters. The molecule has 102 valence electrons. The van der Waals surface area contributed by atoms with Crippen molar-refractivity contribution in [2.45, 2.75) is 6.42 Å². The van der Waals surface area contributed by atoms with Crippen molar-refractivity contribution in [3.8, 4) is 11.5 Å². The van der Waals surface area contributed by atoms with E-state index >= 15 is 0 Å². The highest BCUT2D eigenvalue weighted by molar-refractivity contribution is 5.86. The van der Waals surface area contributed by atoms with Crippen LogP contribution >= 0.6 is 0 Å². The summed E-state index contributed by atoms with van der Waals surface area (Å²) >= 11 is 0. The summed E-state index contributed by atoms with van der Waals surface area (Å²) in [4.78, 5) is 6.50. The number of hydrogen-bond donors (Lipinski definition) is 0. The highest BCUT2D eigenvalue weighted by Gasteiger charge is 2.10. The molecule has 0 atom stereocenters. The van der Waals surface area contributed by atoms with Crippen molar-refractivity contribution in [1.82, 2.24) is 9.88 Å². The predicted octanol–water partition coefficient (Wildman–Crippen LogP) is 2.57. The Hall–Kier alpha value is -1.81. The molecule has 4 nitrogen and oxygen atoms in total. The average molecular weight is 260 g/mol. The zero-order valence-corrected chi connectivity index (χ0v) is 11.7. The standard InChI is InChI=1S/C15H20N2O2/c1-17(2)10-5-11-19-13-8-7-12-6-4-9-16-14(12)15(13)18-3/h4,6-9H,5,10-11H2,1-3H3. The molecule has 0 bridgehead atoms. The van der Waals surface area contributed by atoms with Gasteiger partial charge >= 0.3 is 0 Å². The Morgan fingerprint density at radius 2 is 2.05 bits per heavy atom. The van der Waals surface area contributed by atoms with Gasteiger partial charge in [0.05, 0.1) is 13.7 Å². The summed E-state index contributed by atoms with van der Waals surface area (Å²) in [7, 11) is 5.76. The van der Waals surface area contributed by atoms with E-state index in [1.807, 2.05) is 24.3 Å². The smallest absolute Gasteiger partial charge is 0.187 e. The number of nitrogens with zero attached hydrogens (tertiary/aromatic N) is 2. The Balaban J connectivity index is 2.14. The molecule has 0 spiro atoms. The van der Waals surface area contributed by atoms with Gasteiger partial charge in [-0.25, -0.2) is 0 Å². The van der Waals surface area contributed by atoms with Gasteiger partial charge in [-0.15, -0.1) is 0 Å². The Kier molecular flexibility index (Phi) is 4.58. The summed E-state index contributed by atoms with van der Waals surface area (Å²) < 4.78 is 11.2. The first-order valence-electron chi connectivity index (χ1n) is 6.41. The van der Waals surface area contributed by atoms with Crippen LogP contribution in [0.3, 0.4) is 0 Å². The quantitative estimate of drug-likeness (QED) is 0.748. The van der Waals surface area contributed by atoms with E-state index in [0.717, 1.165) is 29.6 Å². The third-order valence-electron chi connectivity index (χ3n) is 2.90. The van der Waals surface area contributed by atoms with Crippen LogP contribution in [0.5, 0.6) is 11.5 Å². The first-order chi connectivity index (χ1) is 9.22. The van der Waals surface area contributed by atoms with Crippen LogP contribution in [0, 0.1) is 0 Å². The molecule has 0 fully saturated rings. The number of methoxy groups -OCH3 is 1. The number of pyridine rings is 1. The summed E-state index contributed by atoms with van der Waals surface area (Å²) in [6, 6.07) is 7.88. The van der Waals surface area contributed by atoms with E-state index in [9.17, 15) is 0 Å². The minimum Gasteiger partial charge on any atom is -0.491 e. The van der Waals surface area contributed by atoms with E-state index in [1.165, 1.54) is 0 Å². The minimum atomic E-state index is 0.673. The van der Waals surface area contributed by atoms with Crippen molar-refractivity contribution < 1.29 is 9.47 Å². The average Bonchev–Trinajstić information content (AvgIpc) is 2.42. The second-order valence-corrected chi connectivity index (χ2v) is 4.68. The summed E-state index contributed by atoms with van der Waals surface area (Å²) in [5, 5.41) is 1.06. The third-order valence-corrected chi connectivity index (χ3v) is 2.90. The van der Waals surface area contributed by atoms with Gasteiger partial charge in [-0.2, -0.15) is 0 Å². The van der Waals surface area contributed by atoms with E-state index in [1.54, 1.807) is 13.3 Å². The summed E-state index contributed by atoms with van der Waals surface area (Å²) in [5.41, 5.74) is 0.843. The molecule has 0 saturated heterocycles. The third kappa shape index (κ3) is 3.35. The maximum absolute atomic E-state index is 5.79. The van der Waals surface area contributed by atoms with Crippen LogP contribution in [0.2, 0.25) is 0 Å². The summed E-state index contributed by atoms with van der Waals surface area (Å²) in [6.45, 7) is 1.68. The zero-order chi connectivity index (χ0) is 13.7. The van der Waals surface area contributed by atoms with Crippen LogP contribution in [0.1, 0.15) is 6.42 Å². The lowest BCUT2D eigenvalue weighted by Crippen LogP contribution is -2.15. The van der Waals surface area contributed by atoms with Crippen molar-refractivity contribution in [3.63, 3.8) is 0 Å². The van der Waals surface area contributed by atoms with Crippen LogP contribution < -0.4 is 9.47 Å². The normalized spacial score (nSPS) is 10.9. The molecule has 0 aliphatic rings. The van der Waals surface area contributed by atoms with Gasteiger partial charge in [0, 0.05) is 18.1 Å². The topological polar surface area (TPSA) is 34.6 Å². The first kappa shape index (κ1) is 13.6. The molecule has 0 amide bonds. The maximum Gasteiger partial charge on any atom is 0.187 e. The second-order valence-electron chi connectivity index (χ2n) is 4.68. The molecule has 0 saturated carbocycles. The Labute approximate surface area is 114 Å². The van der Waals surface area contributed by atoms with Gasteiger partial charge in [0.2, 0.25) is 0 Å². The van der Waals surface area contributed by atoms with Crippen LogP contribution in [-0.2, 0) is 0 Å². The molecule has 1 aromatic heterocycles. The zero-order valence-electron chi connectivity index (χ0n) is 11.7. The van der Waals surface area contributed by atoms with Gasteiger partial charge in [-0.3, -0.25) is 4.98 Å². The van der Waals surface area contributed by atoms with Gasteiger partial charge in [-0.1, -0.05) is 6.07 Å². The van der Waals surface area contributed by atoms with Crippen LogP contribution in [-0.4, -0.2) is 44.2 Å². The maximum atomic E-state index is 5.79. The fourth-order valence-corrected chi connectivity index (χ4v) is 1.97. The molecule has 1 heterocycles. The molecular formula is C15H20N2O2. The molecular weight excluding hydrogens is 240 g/mol. The molecule has 4 heteroatoms. The number of ether oxygens (including phenoxy) is 2. The largest absolute Gasteiger partial charge is 0.491 e. The van der Waals surface area contributed by atoms with E-state index < -0.39 is 0 Å². The van der Waals surface area contributed by atoms with Gasteiger partial charge in [0.25, 0.3) is 0 Å². The molecule has 0 radical (unpaired) electrons. The molecule has 1 aromatic carbocycles. The van der Waals surface area contributed by atoms with Crippen molar-refractivity contribution >= 4 is 10.9 Å². The second kappa shape index (κ2) is 6.38. The number of aromatic nitrogens is 1. The number of fused-ring (bicyclic) bond motifs is 1. The Bertz CT molecular complexity index is 541. The first-order valence-corrected chi connectivity index (χ1v) is 6.41. The van der Waals surface area contributed by atoms with E-state index in [2.05, 4.69) is 24.0 Å². The lowest BCUT2D eigenvalue weighted by molar-refractivity contribution is 0.269.